The van der Waals surface area contributed by atoms with Crippen LogP contribution in [0, 0.1) is 11.3 Å². The number of pyridine rings is 1. The maximum Gasteiger partial charge on any atom is 0.147 e. The molecule has 1 aromatic heterocycles. The van der Waals surface area contributed by atoms with Crippen molar-refractivity contribution in [1.82, 2.24) is 4.98 Å². The summed E-state index contributed by atoms with van der Waals surface area (Å²) in [5.74, 6) is 0.622. The molecule has 0 spiro atoms. The zero-order valence-corrected chi connectivity index (χ0v) is 14.8. The fraction of sp³-hybridized carbons (Fsp3) is 0.375. The van der Waals surface area contributed by atoms with Gasteiger partial charge in [-0.05, 0) is 44.5 Å². The number of aromatic nitrogens is 1. The summed E-state index contributed by atoms with van der Waals surface area (Å²) in [5, 5.41) is 13.8. The molecule has 2 aromatic rings. The summed E-state index contributed by atoms with van der Waals surface area (Å²) in [6.45, 7) is 3.80. The van der Waals surface area contributed by atoms with Crippen molar-refractivity contribution in [3.63, 3.8) is 0 Å². The van der Waals surface area contributed by atoms with Gasteiger partial charge >= 0.3 is 0 Å². The smallest absolute Gasteiger partial charge is 0.147 e. The summed E-state index contributed by atoms with van der Waals surface area (Å²) in [7, 11) is -3.03. The van der Waals surface area contributed by atoms with Crippen LogP contribution in [0.5, 0.6) is 0 Å². The lowest BCUT2D eigenvalue weighted by molar-refractivity contribution is 0.534. The summed E-state index contributed by atoms with van der Waals surface area (Å²) < 4.78 is 22.7. The molecule has 0 saturated heterocycles. The molecule has 23 heavy (non-hydrogen) atoms. The van der Waals surface area contributed by atoms with E-state index in [9.17, 15) is 13.7 Å². The van der Waals surface area contributed by atoms with Crippen molar-refractivity contribution in [3.05, 3.63) is 34.9 Å². The van der Waals surface area contributed by atoms with Crippen molar-refractivity contribution >= 4 is 38.2 Å². The molecule has 122 valence electrons. The first-order chi connectivity index (χ1) is 10.6. The first kappa shape index (κ1) is 17.5. The first-order valence-corrected chi connectivity index (χ1v) is 9.50. The molecule has 0 unspecified atom stereocenters. The lowest BCUT2D eigenvalue weighted by Crippen LogP contribution is -2.33. The Balaban J connectivity index is 2.33. The van der Waals surface area contributed by atoms with Crippen LogP contribution in [-0.4, -0.2) is 30.9 Å². The van der Waals surface area contributed by atoms with Gasteiger partial charge in [-0.25, -0.2) is 13.4 Å². The Morgan fingerprint density at radius 3 is 2.65 bits per heavy atom. The van der Waals surface area contributed by atoms with Gasteiger partial charge in [0.2, 0.25) is 0 Å². The molecule has 2 rings (SSSR count). The van der Waals surface area contributed by atoms with Crippen LogP contribution >= 0.6 is 11.6 Å². The summed E-state index contributed by atoms with van der Waals surface area (Å²) in [6.07, 6.45) is 1.66. The lowest BCUT2D eigenvalue weighted by atomic mass is 10.0. The molecule has 0 bridgehead atoms. The zero-order valence-electron chi connectivity index (χ0n) is 13.2. The van der Waals surface area contributed by atoms with Crippen molar-refractivity contribution in [2.45, 2.75) is 25.8 Å². The van der Waals surface area contributed by atoms with E-state index in [1.165, 1.54) is 6.26 Å². The molecule has 0 amide bonds. The van der Waals surface area contributed by atoms with E-state index in [1.807, 2.05) is 13.8 Å². The molecule has 0 atom stereocenters. The van der Waals surface area contributed by atoms with Gasteiger partial charge in [0.25, 0.3) is 0 Å². The second-order valence-electron chi connectivity index (χ2n) is 6.22. The van der Waals surface area contributed by atoms with Crippen molar-refractivity contribution < 1.29 is 8.42 Å². The SMILES string of the molecule is CC(C)(CCS(C)(=O)=O)Nc1cc(C#N)c2cc(Cl)ccc2n1. The third-order valence-corrected chi connectivity index (χ3v) is 4.64. The number of sulfone groups is 1. The molecular weight excluding hydrogens is 334 g/mol. The van der Waals surface area contributed by atoms with Crippen molar-refractivity contribution in [2.24, 2.45) is 0 Å². The fourth-order valence-corrected chi connectivity index (χ4v) is 3.26. The number of nitrogens with zero attached hydrogens (tertiary/aromatic N) is 2. The summed E-state index contributed by atoms with van der Waals surface area (Å²) >= 11 is 5.97. The predicted octanol–water partition coefficient (Wildman–Crippen LogP) is 3.39. The van der Waals surface area contributed by atoms with Crippen LogP contribution in [0.1, 0.15) is 25.8 Å². The molecule has 0 aliphatic carbocycles. The molecular formula is C16H18ClN3O2S. The van der Waals surface area contributed by atoms with Gasteiger partial charge in [-0.15, -0.1) is 0 Å². The maximum absolute atomic E-state index is 11.3. The molecule has 0 fully saturated rings. The van der Waals surface area contributed by atoms with E-state index in [0.717, 1.165) is 0 Å². The average molecular weight is 352 g/mol. The molecule has 7 heteroatoms. The Bertz CT molecular complexity index is 886. The van der Waals surface area contributed by atoms with Gasteiger partial charge in [0.05, 0.1) is 22.9 Å². The number of anilines is 1. The maximum atomic E-state index is 11.3. The Kier molecular flexibility index (Phi) is 4.83. The average Bonchev–Trinajstić information content (AvgIpc) is 2.44. The Labute approximate surface area is 141 Å². The van der Waals surface area contributed by atoms with E-state index in [-0.39, 0.29) is 5.75 Å². The largest absolute Gasteiger partial charge is 0.365 e. The predicted molar refractivity (Wildman–Crippen MR) is 93.5 cm³/mol. The van der Waals surface area contributed by atoms with Crippen LogP contribution in [-0.2, 0) is 9.84 Å². The minimum Gasteiger partial charge on any atom is -0.365 e. The van der Waals surface area contributed by atoms with E-state index in [2.05, 4.69) is 16.4 Å². The molecule has 0 aliphatic rings. The Morgan fingerprint density at radius 1 is 1.35 bits per heavy atom. The second-order valence-corrected chi connectivity index (χ2v) is 8.91. The molecule has 0 radical (unpaired) electrons. The summed E-state index contributed by atoms with van der Waals surface area (Å²) in [5.41, 5.74) is 0.664. The monoisotopic (exact) mass is 351 g/mol. The van der Waals surface area contributed by atoms with Crippen molar-refractivity contribution in [2.75, 3.05) is 17.3 Å². The van der Waals surface area contributed by atoms with Gasteiger partial charge in [0, 0.05) is 22.2 Å². The summed E-state index contributed by atoms with van der Waals surface area (Å²) in [4.78, 5) is 4.48. The Hall–Kier alpha value is -1.84. The van der Waals surface area contributed by atoms with Gasteiger partial charge < -0.3 is 5.32 Å². The summed E-state index contributed by atoms with van der Waals surface area (Å²) in [6, 6.07) is 8.98. The number of nitrogens with one attached hydrogen (secondary N) is 1. The second kappa shape index (κ2) is 6.34. The number of rotatable bonds is 5. The van der Waals surface area contributed by atoms with Gasteiger partial charge in [-0.1, -0.05) is 11.6 Å². The van der Waals surface area contributed by atoms with E-state index in [4.69, 9.17) is 11.6 Å². The molecule has 0 aliphatic heterocycles. The topological polar surface area (TPSA) is 82.9 Å². The molecule has 1 N–H and O–H groups in total. The first-order valence-electron chi connectivity index (χ1n) is 7.06. The zero-order chi connectivity index (χ0) is 17.3. The number of nitriles is 1. The van der Waals surface area contributed by atoms with Gasteiger partial charge in [-0.2, -0.15) is 5.26 Å². The molecule has 5 nitrogen and oxygen atoms in total. The minimum absolute atomic E-state index is 0.0846. The normalized spacial score (nSPS) is 12.1. The molecule has 1 aromatic carbocycles. The van der Waals surface area contributed by atoms with E-state index in [1.54, 1.807) is 24.3 Å². The van der Waals surface area contributed by atoms with Crippen molar-refractivity contribution in [3.8, 4) is 6.07 Å². The quantitative estimate of drug-likeness (QED) is 0.892. The highest BCUT2D eigenvalue weighted by molar-refractivity contribution is 7.90. The van der Waals surface area contributed by atoms with Crippen LogP contribution in [0.25, 0.3) is 10.9 Å². The lowest BCUT2D eigenvalue weighted by Gasteiger charge is -2.27. The number of fused-ring (bicyclic) bond motifs is 1. The molecule has 0 saturated carbocycles. The van der Waals surface area contributed by atoms with Gasteiger partial charge in [0.1, 0.15) is 15.7 Å². The Morgan fingerprint density at radius 2 is 2.04 bits per heavy atom. The van der Waals surface area contributed by atoms with Crippen LogP contribution < -0.4 is 5.32 Å². The van der Waals surface area contributed by atoms with Gasteiger partial charge in [-0.3, -0.25) is 0 Å². The van der Waals surface area contributed by atoms with Crippen LogP contribution in [0.15, 0.2) is 24.3 Å². The van der Waals surface area contributed by atoms with Crippen LogP contribution in [0.4, 0.5) is 5.82 Å². The molecule has 1 heterocycles. The van der Waals surface area contributed by atoms with Crippen LogP contribution in [0.2, 0.25) is 5.02 Å². The fourth-order valence-electron chi connectivity index (χ4n) is 2.20. The highest BCUT2D eigenvalue weighted by Crippen LogP contribution is 2.26. The standard InChI is InChI=1S/C16H18ClN3O2S/c1-16(2,6-7-23(3,21)22)20-15-8-11(10-18)13-9-12(17)4-5-14(13)19-15/h4-5,8-9H,6-7H2,1-3H3,(H,19,20). The van der Waals surface area contributed by atoms with E-state index >= 15 is 0 Å². The highest BCUT2D eigenvalue weighted by Gasteiger charge is 2.21. The van der Waals surface area contributed by atoms with E-state index in [0.29, 0.717) is 33.7 Å². The van der Waals surface area contributed by atoms with Crippen molar-refractivity contribution in [1.29, 1.82) is 5.26 Å². The number of hydrogen-bond acceptors (Lipinski definition) is 5. The minimum atomic E-state index is -3.03. The third kappa shape index (κ3) is 4.81. The number of benzene rings is 1. The number of hydrogen-bond donors (Lipinski definition) is 1. The van der Waals surface area contributed by atoms with Crippen LogP contribution in [0.3, 0.4) is 0 Å². The highest BCUT2D eigenvalue weighted by atomic mass is 35.5. The van der Waals surface area contributed by atoms with Gasteiger partial charge in [0.15, 0.2) is 0 Å². The number of halogens is 1. The third-order valence-electron chi connectivity index (χ3n) is 3.46. The van der Waals surface area contributed by atoms with E-state index < -0.39 is 15.4 Å².